The van der Waals surface area contributed by atoms with E-state index in [4.69, 9.17) is 11.6 Å². The average Bonchev–Trinajstić information content (AvgIpc) is 2.81. The number of amides is 1. The van der Waals surface area contributed by atoms with Crippen LogP contribution in [0.25, 0.3) is 0 Å². The molecule has 32 heavy (non-hydrogen) atoms. The second-order valence-electron chi connectivity index (χ2n) is 8.78. The Morgan fingerprint density at radius 1 is 0.969 bits per heavy atom. The van der Waals surface area contributed by atoms with E-state index in [0.29, 0.717) is 18.8 Å². The van der Waals surface area contributed by atoms with Crippen molar-refractivity contribution >= 4 is 38.9 Å². The standard InChI is InChI=1S/C24H30ClN3O3S/c1-18-11-15-27(16-12-18)20-7-5-19(6-8-20)26-24(29)22-17-21(9-10-23(22)25)32(30,31)28-13-3-2-4-14-28/h5-10,17-18H,2-4,11-16H2,1H3,(H,26,29). The van der Waals surface area contributed by atoms with Crippen LogP contribution in [0.4, 0.5) is 11.4 Å². The number of anilines is 2. The molecule has 2 aromatic carbocycles. The molecule has 0 atom stereocenters. The molecule has 6 nitrogen and oxygen atoms in total. The lowest BCUT2D eigenvalue weighted by Gasteiger charge is -2.32. The highest BCUT2D eigenvalue weighted by Crippen LogP contribution is 2.27. The van der Waals surface area contributed by atoms with E-state index in [2.05, 4.69) is 17.1 Å². The minimum absolute atomic E-state index is 0.101. The lowest BCUT2D eigenvalue weighted by Crippen LogP contribution is -2.35. The molecule has 8 heteroatoms. The van der Waals surface area contributed by atoms with Crippen molar-refractivity contribution in [2.75, 3.05) is 36.4 Å². The summed E-state index contributed by atoms with van der Waals surface area (Å²) in [5.41, 5.74) is 1.94. The second-order valence-corrected chi connectivity index (χ2v) is 11.1. The van der Waals surface area contributed by atoms with Gasteiger partial charge in [-0.05, 0) is 74.1 Å². The predicted octanol–water partition coefficient (Wildman–Crippen LogP) is 5.00. The molecule has 0 spiro atoms. The van der Waals surface area contributed by atoms with Crippen LogP contribution in [0.2, 0.25) is 5.02 Å². The minimum atomic E-state index is -3.64. The Morgan fingerprint density at radius 2 is 1.62 bits per heavy atom. The van der Waals surface area contributed by atoms with Gasteiger partial charge in [-0.25, -0.2) is 8.42 Å². The summed E-state index contributed by atoms with van der Waals surface area (Å²) in [7, 11) is -3.64. The maximum atomic E-state index is 13.0. The van der Waals surface area contributed by atoms with Crippen molar-refractivity contribution < 1.29 is 13.2 Å². The van der Waals surface area contributed by atoms with Crippen molar-refractivity contribution in [1.29, 1.82) is 0 Å². The van der Waals surface area contributed by atoms with Gasteiger partial charge in [-0.15, -0.1) is 0 Å². The van der Waals surface area contributed by atoms with Crippen molar-refractivity contribution in [3.63, 3.8) is 0 Å². The van der Waals surface area contributed by atoms with Crippen molar-refractivity contribution in [2.24, 2.45) is 5.92 Å². The molecule has 2 aliphatic heterocycles. The molecule has 2 heterocycles. The summed E-state index contributed by atoms with van der Waals surface area (Å²) in [4.78, 5) is 15.4. The minimum Gasteiger partial charge on any atom is -0.372 e. The zero-order valence-corrected chi connectivity index (χ0v) is 20.0. The molecule has 0 bridgehead atoms. The maximum absolute atomic E-state index is 13.0. The molecule has 0 saturated carbocycles. The van der Waals surface area contributed by atoms with E-state index in [1.165, 1.54) is 35.3 Å². The van der Waals surface area contributed by atoms with Gasteiger partial charge in [0.2, 0.25) is 10.0 Å². The molecule has 1 amide bonds. The van der Waals surface area contributed by atoms with E-state index in [1.54, 1.807) is 0 Å². The smallest absolute Gasteiger partial charge is 0.257 e. The molecule has 0 aromatic heterocycles. The number of carbonyl (C=O) groups excluding carboxylic acids is 1. The predicted molar refractivity (Wildman–Crippen MR) is 129 cm³/mol. The summed E-state index contributed by atoms with van der Waals surface area (Å²) in [6, 6.07) is 12.1. The van der Waals surface area contributed by atoms with Crippen LogP contribution < -0.4 is 10.2 Å². The molecule has 0 unspecified atom stereocenters. The number of piperidine rings is 2. The zero-order valence-electron chi connectivity index (χ0n) is 18.4. The zero-order chi connectivity index (χ0) is 22.7. The molecule has 0 aliphatic carbocycles. The first-order chi connectivity index (χ1) is 15.3. The summed E-state index contributed by atoms with van der Waals surface area (Å²) >= 11 is 6.26. The van der Waals surface area contributed by atoms with Crippen LogP contribution in [0.15, 0.2) is 47.4 Å². The second kappa shape index (κ2) is 9.81. The first-order valence-corrected chi connectivity index (χ1v) is 13.1. The Morgan fingerprint density at radius 3 is 2.28 bits per heavy atom. The van der Waals surface area contributed by atoms with Crippen LogP contribution in [0.1, 0.15) is 49.4 Å². The summed E-state index contributed by atoms with van der Waals surface area (Å²) < 4.78 is 27.5. The van der Waals surface area contributed by atoms with Crippen molar-refractivity contribution in [2.45, 2.75) is 43.9 Å². The number of halogens is 1. The first kappa shape index (κ1) is 23.1. The SMILES string of the molecule is CC1CCN(c2ccc(NC(=O)c3cc(S(=O)(=O)N4CCCCC4)ccc3Cl)cc2)CC1. The number of rotatable bonds is 5. The van der Waals surface area contributed by atoms with E-state index < -0.39 is 15.9 Å². The third-order valence-corrected chi connectivity index (χ3v) is 8.63. The molecule has 0 radical (unpaired) electrons. The third kappa shape index (κ3) is 5.11. The number of sulfonamides is 1. The summed E-state index contributed by atoms with van der Waals surface area (Å²) in [5, 5.41) is 3.07. The van der Waals surface area contributed by atoms with Gasteiger partial charge in [0.15, 0.2) is 0 Å². The number of benzene rings is 2. The lowest BCUT2D eigenvalue weighted by atomic mass is 9.99. The largest absolute Gasteiger partial charge is 0.372 e. The number of hydrogen-bond donors (Lipinski definition) is 1. The average molecular weight is 476 g/mol. The van der Waals surface area contributed by atoms with Crippen molar-refractivity contribution in [3.05, 3.63) is 53.1 Å². The number of nitrogens with one attached hydrogen (secondary N) is 1. The first-order valence-electron chi connectivity index (χ1n) is 11.3. The van der Waals surface area contributed by atoms with Crippen molar-refractivity contribution in [1.82, 2.24) is 4.31 Å². The molecule has 4 rings (SSSR count). The Kier molecular flexibility index (Phi) is 7.08. The van der Waals surface area contributed by atoms with E-state index in [9.17, 15) is 13.2 Å². The summed E-state index contributed by atoms with van der Waals surface area (Å²) in [5.74, 6) is 0.342. The van der Waals surface area contributed by atoms with Crippen LogP contribution in [-0.4, -0.2) is 44.8 Å². The quantitative estimate of drug-likeness (QED) is 0.660. The molecule has 2 aliphatic rings. The molecule has 172 valence electrons. The van der Waals surface area contributed by atoms with E-state index in [1.807, 2.05) is 24.3 Å². The van der Waals surface area contributed by atoms with Gasteiger partial charge in [0.25, 0.3) is 5.91 Å². The molecule has 2 fully saturated rings. The monoisotopic (exact) mass is 475 g/mol. The van der Waals surface area contributed by atoms with E-state index in [0.717, 1.165) is 44.0 Å². The summed E-state index contributed by atoms with van der Waals surface area (Å²) in [6.45, 7) is 5.39. The van der Waals surface area contributed by atoms with Gasteiger partial charge in [-0.2, -0.15) is 4.31 Å². The highest BCUT2D eigenvalue weighted by Gasteiger charge is 2.27. The molecule has 2 aromatic rings. The van der Waals surface area contributed by atoms with E-state index >= 15 is 0 Å². The molecule has 1 N–H and O–H groups in total. The van der Waals surface area contributed by atoms with Crippen molar-refractivity contribution in [3.8, 4) is 0 Å². The van der Waals surface area contributed by atoms with Crippen LogP contribution in [0.3, 0.4) is 0 Å². The number of hydrogen-bond acceptors (Lipinski definition) is 4. The fourth-order valence-corrected chi connectivity index (χ4v) is 6.06. The van der Waals surface area contributed by atoms with Gasteiger partial charge in [0.1, 0.15) is 0 Å². The van der Waals surface area contributed by atoms with Crippen LogP contribution in [0.5, 0.6) is 0 Å². The van der Waals surface area contributed by atoms with Gasteiger partial charge in [0, 0.05) is 37.6 Å². The molecular formula is C24H30ClN3O3S. The third-order valence-electron chi connectivity index (χ3n) is 6.41. The van der Waals surface area contributed by atoms with Crippen LogP contribution in [-0.2, 0) is 10.0 Å². The Balaban J connectivity index is 1.48. The Hall–Kier alpha value is -2.09. The fourth-order valence-electron chi connectivity index (χ4n) is 4.31. The molecular weight excluding hydrogens is 446 g/mol. The normalized spacial score (nSPS) is 18.5. The highest BCUT2D eigenvalue weighted by molar-refractivity contribution is 7.89. The van der Waals surface area contributed by atoms with Gasteiger partial charge in [-0.1, -0.05) is 24.9 Å². The lowest BCUT2D eigenvalue weighted by molar-refractivity contribution is 0.102. The Bertz CT molecular complexity index is 1060. The highest BCUT2D eigenvalue weighted by atomic mass is 35.5. The van der Waals surface area contributed by atoms with E-state index in [-0.39, 0.29) is 15.5 Å². The van der Waals surface area contributed by atoms with Gasteiger partial charge in [-0.3, -0.25) is 4.79 Å². The molecule has 2 saturated heterocycles. The maximum Gasteiger partial charge on any atom is 0.257 e. The van der Waals surface area contributed by atoms with Gasteiger partial charge in [0.05, 0.1) is 15.5 Å². The Labute approximate surface area is 195 Å². The fraction of sp³-hybridized carbons (Fsp3) is 0.458. The topological polar surface area (TPSA) is 69.7 Å². The van der Waals surface area contributed by atoms with Gasteiger partial charge >= 0.3 is 0 Å². The number of carbonyl (C=O) groups is 1. The number of nitrogens with zero attached hydrogens (tertiary/aromatic N) is 2. The van der Waals surface area contributed by atoms with Crippen LogP contribution in [0, 0.1) is 5.92 Å². The van der Waals surface area contributed by atoms with Gasteiger partial charge < -0.3 is 10.2 Å². The van der Waals surface area contributed by atoms with Crippen LogP contribution >= 0.6 is 11.6 Å². The summed E-state index contributed by atoms with van der Waals surface area (Å²) in [6.07, 6.45) is 5.12.